The topological polar surface area (TPSA) is 60.4 Å². The molecule has 0 amide bonds. The number of rotatable bonds is 5. The predicted octanol–water partition coefficient (Wildman–Crippen LogP) is 0.241. The van der Waals surface area contributed by atoms with E-state index in [2.05, 4.69) is 4.74 Å². The lowest BCUT2D eigenvalue weighted by Crippen LogP contribution is -2.24. The van der Waals surface area contributed by atoms with Crippen LogP contribution in [0.15, 0.2) is 0 Å². The SMILES string of the molecule is CCC(O[C]=O)S(=O)(=O)CC. The Balaban J connectivity index is 4.36. The van der Waals surface area contributed by atoms with Crippen LogP contribution < -0.4 is 0 Å². The third-order valence-corrected chi connectivity index (χ3v) is 3.35. The minimum atomic E-state index is -3.26. The highest BCUT2D eigenvalue weighted by atomic mass is 32.2. The van der Waals surface area contributed by atoms with Crippen LogP contribution in [-0.2, 0) is 19.4 Å². The van der Waals surface area contributed by atoms with Crippen LogP contribution in [0, 0.1) is 0 Å². The molecule has 0 N–H and O–H groups in total. The number of hydrogen-bond acceptors (Lipinski definition) is 4. The minimum Gasteiger partial charge on any atom is -0.438 e. The maximum atomic E-state index is 11.0. The summed E-state index contributed by atoms with van der Waals surface area (Å²) < 4.78 is 26.3. The van der Waals surface area contributed by atoms with Gasteiger partial charge >= 0.3 is 6.47 Å². The van der Waals surface area contributed by atoms with Crippen molar-refractivity contribution in [2.75, 3.05) is 5.75 Å². The van der Waals surface area contributed by atoms with Gasteiger partial charge in [-0.05, 0) is 6.42 Å². The summed E-state index contributed by atoms with van der Waals surface area (Å²) in [5, 5.41) is 0. The van der Waals surface area contributed by atoms with Crippen molar-refractivity contribution in [2.24, 2.45) is 0 Å². The molecule has 65 valence electrons. The van der Waals surface area contributed by atoms with Gasteiger partial charge in [-0.1, -0.05) is 13.8 Å². The van der Waals surface area contributed by atoms with E-state index >= 15 is 0 Å². The molecule has 0 rings (SSSR count). The first-order valence-electron chi connectivity index (χ1n) is 3.32. The zero-order valence-corrected chi connectivity index (χ0v) is 7.35. The summed E-state index contributed by atoms with van der Waals surface area (Å²) in [5.74, 6) is -0.0206. The molecule has 11 heavy (non-hydrogen) atoms. The van der Waals surface area contributed by atoms with E-state index in [-0.39, 0.29) is 12.2 Å². The molecular formula is C6H11O4S. The zero-order chi connectivity index (χ0) is 8.91. The monoisotopic (exact) mass is 179 g/mol. The van der Waals surface area contributed by atoms with Gasteiger partial charge < -0.3 is 4.74 Å². The van der Waals surface area contributed by atoms with E-state index in [1.807, 2.05) is 0 Å². The molecule has 5 heteroatoms. The fourth-order valence-corrected chi connectivity index (χ4v) is 1.72. The Labute approximate surface area is 66.5 Å². The highest BCUT2D eigenvalue weighted by Crippen LogP contribution is 2.06. The van der Waals surface area contributed by atoms with Gasteiger partial charge in [0.15, 0.2) is 9.84 Å². The van der Waals surface area contributed by atoms with Crippen LogP contribution in [-0.4, -0.2) is 26.1 Å². The lowest BCUT2D eigenvalue weighted by molar-refractivity contribution is 0.237. The van der Waals surface area contributed by atoms with E-state index < -0.39 is 15.3 Å². The average molecular weight is 179 g/mol. The third kappa shape index (κ3) is 2.88. The van der Waals surface area contributed by atoms with E-state index in [0.717, 1.165) is 6.47 Å². The lowest BCUT2D eigenvalue weighted by atomic mass is 10.5. The van der Waals surface area contributed by atoms with E-state index in [9.17, 15) is 13.2 Å². The third-order valence-electron chi connectivity index (χ3n) is 1.32. The average Bonchev–Trinajstić information content (AvgIpc) is 2.00. The van der Waals surface area contributed by atoms with Crippen LogP contribution in [0.1, 0.15) is 20.3 Å². The highest BCUT2D eigenvalue weighted by molar-refractivity contribution is 7.91. The molecule has 0 aliphatic rings. The molecule has 0 bridgehead atoms. The van der Waals surface area contributed by atoms with Crippen molar-refractivity contribution < 1.29 is 17.9 Å². The van der Waals surface area contributed by atoms with Gasteiger partial charge in [0, 0.05) is 0 Å². The second kappa shape index (κ2) is 4.33. The number of carbonyl (C=O) groups excluding carboxylic acids is 1. The number of ether oxygens (including phenoxy) is 1. The molecule has 0 heterocycles. The number of hydrogen-bond donors (Lipinski definition) is 0. The first-order chi connectivity index (χ1) is 5.08. The summed E-state index contributed by atoms with van der Waals surface area (Å²) in [6, 6.07) is 0. The Kier molecular flexibility index (Phi) is 4.10. The molecule has 0 saturated carbocycles. The molecule has 0 saturated heterocycles. The Morgan fingerprint density at radius 3 is 2.27 bits per heavy atom. The smallest absolute Gasteiger partial charge is 0.418 e. The second-order valence-electron chi connectivity index (χ2n) is 1.99. The van der Waals surface area contributed by atoms with Crippen LogP contribution in [0.25, 0.3) is 0 Å². The Morgan fingerprint density at radius 2 is 2.00 bits per heavy atom. The summed E-state index contributed by atoms with van der Waals surface area (Å²) in [6.45, 7) is 4.27. The molecule has 1 atom stereocenters. The normalized spacial score (nSPS) is 14.0. The Hall–Kier alpha value is -0.580. The van der Waals surface area contributed by atoms with Crippen molar-refractivity contribution in [3.05, 3.63) is 0 Å². The van der Waals surface area contributed by atoms with Crippen LogP contribution in [0.2, 0.25) is 0 Å². The fraction of sp³-hybridized carbons (Fsp3) is 0.833. The molecule has 4 nitrogen and oxygen atoms in total. The van der Waals surface area contributed by atoms with Gasteiger partial charge in [0.25, 0.3) is 0 Å². The van der Waals surface area contributed by atoms with Gasteiger partial charge in [0.05, 0.1) is 5.75 Å². The first-order valence-corrected chi connectivity index (χ1v) is 5.04. The predicted molar refractivity (Wildman–Crippen MR) is 40.3 cm³/mol. The Morgan fingerprint density at radius 1 is 1.45 bits per heavy atom. The lowest BCUT2D eigenvalue weighted by Gasteiger charge is -2.10. The van der Waals surface area contributed by atoms with Gasteiger partial charge in [0.1, 0.15) is 0 Å². The molecule has 0 aliphatic heterocycles. The van der Waals surface area contributed by atoms with Gasteiger partial charge in [-0.15, -0.1) is 0 Å². The highest BCUT2D eigenvalue weighted by Gasteiger charge is 2.22. The molecule has 0 aliphatic carbocycles. The van der Waals surface area contributed by atoms with Crippen molar-refractivity contribution in [1.82, 2.24) is 0 Å². The van der Waals surface area contributed by atoms with Crippen LogP contribution in [0.3, 0.4) is 0 Å². The van der Waals surface area contributed by atoms with Crippen LogP contribution in [0.5, 0.6) is 0 Å². The Bertz CT molecular complexity index is 207. The first kappa shape index (κ1) is 10.4. The summed E-state index contributed by atoms with van der Waals surface area (Å²) >= 11 is 0. The van der Waals surface area contributed by atoms with Crippen molar-refractivity contribution in [3.8, 4) is 0 Å². The summed E-state index contributed by atoms with van der Waals surface area (Å²) in [4.78, 5) is 9.73. The van der Waals surface area contributed by atoms with Gasteiger partial charge in [-0.3, -0.25) is 0 Å². The standard InChI is InChI=1S/C6H11O4S/c1-3-6(10-5-7)11(8,9)4-2/h6H,3-4H2,1-2H3. The van der Waals surface area contributed by atoms with Crippen molar-refractivity contribution in [1.29, 1.82) is 0 Å². The molecule has 1 radical (unpaired) electrons. The van der Waals surface area contributed by atoms with Gasteiger partial charge in [0.2, 0.25) is 5.44 Å². The van der Waals surface area contributed by atoms with E-state index in [0.29, 0.717) is 0 Å². The van der Waals surface area contributed by atoms with Crippen molar-refractivity contribution in [3.63, 3.8) is 0 Å². The molecule has 0 aromatic rings. The van der Waals surface area contributed by atoms with Crippen LogP contribution in [0.4, 0.5) is 0 Å². The van der Waals surface area contributed by atoms with Crippen molar-refractivity contribution >= 4 is 16.3 Å². The number of sulfone groups is 1. The zero-order valence-electron chi connectivity index (χ0n) is 6.53. The second-order valence-corrected chi connectivity index (χ2v) is 4.42. The molecule has 0 fully saturated rings. The van der Waals surface area contributed by atoms with Gasteiger partial charge in [-0.25, -0.2) is 13.2 Å². The van der Waals surface area contributed by atoms with Crippen LogP contribution >= 0.6 is 0 Å². The fourth-order valence-electron chi connectivity index (χ4n) is 0.650. The van der Waals surface area contributed by atoms with E-state index in [4.69, 9.17) is 0 Å². The maximum absolute atomic E-state index is 11.0. The maximum Gasteiger partial charge on any atom is 0.418 e. The molecule has 0 aromatic heterocycles. The van der Waals surface area contributed by atoms with Crippen molar-refractivity contribution in [2.45, 2.75) is 25.7 Å². The molecular weight excluding hydrogens is 168 g/mol. The summed E-state index contributed by atoms with van der Waals surface area (Å²) in [6.07, 6.45) is 0.269. The molecule has 0 spiro atoms. The largest absolute Gasteiger partial charge is 0.438 e. The molecule has 0 aromatic carbocycles. The van der Waals surface area contributed by atoms with E-state index in [1.165, 1.54) is 6.92 Å². The van der Waals surface area contributed by atoms with Gasteiger partial charge in [-0.2, -0.15) is 0 Å². The molecule has 1 unspecified atom stereocenters. The summed E-state index contributed by atoms with van der Waals surface area (Å²) in [5.41, 5.74) is -1.02. The van der Waals surface area contributed by atoms with E-state index in [1.54, 1.807) is 6.92 Å². The summed E-state index contributed by atoms with van der Waals surface area (Å²) in [7, 11) is -3.26. The minimum absolute atomic E-state index is 0.0206. The quantitative estimate of drug-likeness (QED) is 0.606.